The van der Waals surface area contributed by atoms with Gasteiger partial charge in [0, 0.05) is 87.3 Å². The van der Waals surface area contributed by atoms with Crippen LogP contribution < -0.4 is 49.5 Å². The smallest absolute Gasteiger partial charge is 0.246 e. The van der Waals surface area contributed by atoms with Gasteiger partial charge in [0.1, 0.15) is 48.6 Å². The van der Waals surface area contributed by atoms with Crippen LogP contribution in [0.25, 0.3) is 10.8 Å². The average molecular weight is 833 g/mol. The predicted molar refractivity (Wildman–Crippen MR) is 242 cm³/mol. The van der Waals surface area contributed by atoms with Crippen molar-refractivity contribution >= 4 is 33.8 Å². The maximum atomic E-state index is 10.8. The van der Waals surface area contributed by atoms with E-state index >= 15 is 0 Å². The third kappa shape index (κ3) is 8.47. The Morgan fingerprint density at radius 1 is 0.758 bits per heavy atom. The second-order valence-corrected chi connectivity index (χ2v) is 16.5. The fourth-order valence-corrected chi connectivity index (χ4v) is 9.03. The number of hydrogen-bond donors (Lipinski definition) is 2. The number of pyridine rings is 1. The Kier molecular flexibility index (Phi) is 11.5. The molecule has 1 unspecified atom stereocenters. The first-order valence-corrected chi connectivity index (χ1v) is 22.2. The van der Waals surface area contributed by atoms with Gasteiger partial charge in [-0.15, -0.1) is 5.10 Å². The van der Waals surface area contributed by atoms with Gasteiger partial charge in [0.05, 0.1) is 24.0 Å². The van der Waals surface area contributed by atoms with Crippen LogP contribution in [0.3, 0.4) is 0 Å². The van der Waals surface area contributed by atoms with Gasteiger partial charge in [0.2, 0.25) is 5.36 Å². The maximum absolute atomic E-state index is 10.8. The first kappa shape index (κ1) is 39.8. The lowest BCUT2D eigenvalue weighted by molar-refractivity contribution is 0.122. The molecule has 1 atom stereocenters. The number of piperazine rings is 1. The summed E-state index contributed by atoms with van der Waals surface area (Å²) < 4.78 is 20.9. The highest BCUT2D eigenvalue weighted by Crippen LogP contribution is 2.44. The molecular formula is C49H54N9O4+. The number of nitrogens with zero attached hydrogens (tertiary/aromatic N) is 8. The van der Waals surface area contributed by atoms with E-state index in [1.165, 1.54) is 5.56 Å². The number of fused-ring (bicyclic) bond motifs is 5. The summed E-state index contributed by atoms with van der Waals surface area (Å²) in [6, 6.07) is 31.3. The van der Waals surface area contributed by atoms with E-state index in [2.05, 4.69) is 104 Å². The van der Waals surface area contributed by atoms with E-state index in [1.54, 1.807) is 0 Å². The standard InChI is InChI=1S/C49H54N9O4/c1-2-55-23-25-60-45-28-39-43(30-41(45)55)62-44-31-42-46(29-40(44)52-39)61-26-24-56(42)18-10-4-7-15-48(59)51-33-35-16-17-47(50-32-35)57-19-21-58(22-20-57)49-37-14-9-8-13-36(37)38(53-54-49)27-34-11-5-3-6-12-34/h3,5-6,8-9,11-14,16-17,28-32,48,51,59H,2,4,7,10,15,18-27,33H2,1H3/q+1. The Balaban J connectivity index is 0.681. The van der Waals surface area contributed by atoms with Gasteiger partial charge in [-0.05, 0) is 43.4 Å². The number of unbranched alkanes of at least 4 members (excludes halogenated alkanes) is 2. The molecule has 6 aromatic rings. The number of nitrogens with one attached hydrogen (secondary N) is 1. The van der Waals surface area contributed by atoms with E-state index in [0.717, 1.165) is 157 Å². The zero-order valence-corrected chi connectivity index (χ0v) is 35.4. The van der Waals surface area contributed by atoms with Crippen molar-refractivity contribution < 1.29 is 19.3 Å². The highest BCUT2D eigenvalue weighted by Gasteiger charge is 2.26. The Bertz CT molecular complexity index is 2670. The highest BCUT2D eigenvalue weighted by molar-refractivity contribution is 5.93. The van der Waals surface area contributed by atoms with Crippen LogP contribution in [0.15, 0.2) is 102 Å². The van der Waals surface area contributed by atoms with Gasteiger partial charge in [-0.25, -0.2) is 14.6 Å². The van der Waals surface area contributed by atoms with E-state index in [9.17, 15) is 5.11 Å². The molecule has 2 aromatic heterocycles. The summed E-state index contributed by atoms with van der Waals surface area (Å²) in [7, 11) is 0. The number of ether oxygens (including phenoxy) is 3. The van der Waals surface area contributed by atoms with E-state index in [0.29, 0.717) is 26.2 Å². The Labute approximate surface area is 361 Å². The summed E-state index contributed by atoms with van der Waals surface area (Å²) >= 11 is 0. The molecule has 0 saturated carbocycles. The number of likely N-dealkylation sites (N-methyl/N-ethyl adjacent to an activating group) is 1. The van der Waals surface area contributed by atoms with Gasteiger partial charge >= 0.3 is 0 Å². The molecule has 2 N–H and O–H groups in total. The van der Waals surface area contributed by atoms with E-state index < -0.39 is 6.23 Å². The van der Waals surface area contributed by atoms with Crippen LogP contribution in [0.5, 0.6) is 23.0 Å². The molecule has 62 heavy (non-hydrogen) atoms. The zero-order valence-electron chi connectivity index (χ0n) is 35.4. The molecule has 13 heteroatoms. The first-order valence-electron chi connectivity index (χ1n) is 22.2. The third-order valence-corrected chi connectivity index (χ3v) is 12.5. The normalized spacial score (nSPS) is 16.0. The van der Waals surface area contributed by atoms with Crippen LogP contribution in [-0.4, -0.2) is 92.1 Å². The lowest BCUT2D eigenvalue weighted by Crippen LogP contribution is -2.47. The van der Waals surface area contributed by atoms with Crippen LogP contribution in [-0.2, 0) is 13.0 Å². The van der Waals surface area contributed by atoms with Crippen LogP contribution in [0.4, 0.5) is 23.0 Å². The maximum Gasteiger partial charge on any atom is 0.246 e. The van der Waals surface area contributed by atoms with Crippen molar-refractivity contribution in [1.82, 2.24) is 25.1 Å². The van der Waals surface area contributed by atoms with Gasteiger partial charge in [0.15, 0.2) is 29.6 Å². The summed E-state index contributed by atoms with van der Waals surface area (Å²) in [6.45, 7) is 10.9. The molecule has 0 radical (unpaired) electrons. The lowest BCUT2D eigenvalue weighted by Gasteiger charge is -2.36. The fraction of sp³-hybridized carbons (Fsp3) is 0.367. The lowest BCUT2D eigenvalue weighted by atomic mass is 10.0. The summed E-state index contributed by atoms with van der Waals surface area (Å²) in [4.78, 5) is 16.7. The second kappa shape index (κ2) is 18.0. The number of aliphatic hydroxyl groups excluding tert-OH is 1. The molecule has 1 saturated heterocycles. The summed E-state index contributed by atoms with van der Waals surface area (Å²) in [6.07, 6.45) is 5.76. The topological polar surface area (TPSA) is 124 Å². The van der Waals surface area contributed by atoms with Crippen molar-refractivity contribution in [1.29, 1.82) is 0 Å². The van der Waals surface area contributed by atoms with Gasteiger partial charge in [-0.2, -0.15) is 5.10 Å². The van der Waals surface area contributed by atoms with Gasteiger partial charge in [-0.1, -0.05) is 60.7 Å². The molecule has 10 rings (SSSR count). The molecule has 0 spiro atoms. The Morgan fingerprint density at radius 2 is 1.58 bits per heavy atom. The molecule has 4 aliphatic rings. The molecule has 0 bridgehead atoms. The van der Waals surface area contributed by atoms with Crippen LogP contribution >= 0.6 is 0 Å². The van der Waals surface area contributed by atoms with Crippen molar-refractivity contribution in [2.75, 3.05) is 80.3 Å². The van der Waals surface area contributed by atoms with Crippen LogP contribution in [0.1, 0.15) is 49.4 Å². The number of rotatable bonds is 14. The number of benzene rings is 4. The van der Waals surface area contributed by atoms with E-state index in [-0.39, 0.29) is 0 Å². The SMILES string of the molecule is CCN1CCOc2cc3c(cc21)Oc1cc2c(cc1=N3)OCC[N+]=2CCCCCC(O)NCc1ccc(N2CCN(c3nnc(Cc4ccccc4)c4ccccc34)CC2)nc1. The monoisotopic (exact) mass is 832 g/mol. The minimum absolute atomic E-state index is 0.565. The molecule has 1 fully saturated rings. The quantitative estimate of drug-likeness (QED) is 0.0790. The van der Waals surface area contributed by atoms with Crippen LogP contribution in [0, 0.1) is 0 Å². The van der Waals surface area contributed by atoms with Gasteiger partial charge < -0.3 is 34.0 Å². The molecule has 4 aromatic carbocycles. The summed E-state index contributed by atoms with van der Waals surface area (Å²) in [5.41, 5.74) is 5.11. The number of aliphatic hydroxyl groups is 1. The molecule has 318 valence electrons. The molecule has 6 heterocycles. The van der Waals surface area contributed by atoms with Crippen molar-refractivity contribution in [3.8, 4) is 23.0 Å². The van der Waals surface area contributed by atoms with Crippen molar-refractivity contribution in [2.24, 2.45) is 4.99 Å². The number of anilines is 3. The van der Waals surface area contributed by atoms with Gasteiger partial charge in [-0.3, -0.25) is 5.32 Å². The van der Waals surface area contributed by atoms with Crippen molar-refractivity contribution in [2.45, 2.75) is 51.8 Å². The minimum atomic E-state index is -0.574. The molecule has 4 aliphatic heterocycles. The molecular weight excluding hydrogens is 779 g/mol. The first-order chi connectivity index (χ1) is 30.6. The summed E-state index contributed by atoms with van der Waals surface area (Å²) in [5, 5.41) is 27.6. The molecule has 0 aliphatic carbocycles. The summed E-state index contributed by atoms with van der Waals surface area (Å²) in [5.74, 6) is 5.09. The highest BCUT2D eigenvalue weighted by atomic mass is 16.5. The zero-order chi connectivity index (χ0) is 41.8. The van der Waals surface area contributed by atoms with Crippen LogP contribution in [0.2, 0.25) is 0 Å². The Hall–Kier alpha value is -6.31. The van der Waals surface area contributed by atoms with Gasteiger partial charge in [0.25, 0.3) is 0 Å². The third-order valence-electron chi connectivity index (χ3n) is 12.5. The van der Waals surface area contributed by atoms with Crippen molar-refractivity contribution in [3.05, 3.63) is 125 Å². The Morgan fingerprint density at radius 3 is 2.42 bits per heavy atom. The van der Waals surface area contributed by atoms with E-state index in [1.807, 2.05) is 24.4 Å². The fourth-order valence-electron chi connectivity index (χ4n) is 9.03. The molecule has 0 amide bonds. The largest absolute Gasteiger partial charge is 0.489 e. The van der Waals surface area contributed by atoms with Crippen molar-refractivity contribution in [3.63, 3.8) is 0 Å². The number of aromatic nitrogens is 3. The average Bonchev–Trinajstić information content (AvgIpc) is 3.32. The predicted octanol–water partition coefficient (Wildman–Crippen LogP) is 5.77. The second-order valence-electron chi connectivity index (χ2n) is 16.5. The van der Waals surface area contributed by atoms with E-state index in [4.69, 9.17) is 34.4 Å². The molecule has 13 nitrogen and oxygen atoms in total. The minimum Gasteiger partial charge on any atom is -0.489 e. The number of hydrogen-bond acceptors (Lipinski definition) is 12.